The van der Waals surface area contributed by atoms with E-state index in [4.69, 9.17) is 13.9 Å². The van der Waals surface area contributed by atoms with Gasteiger partial charge in [0.15, 0.2) is 29.1 Å². The lowest BCUT2D eigenvalue weighted by atomic mass is 9.95. The van der Waals surface area contributed by atoms with Crippen LogP contribution >= 0.6 is 0 Å². The van der Waals surface area contributed by atoms with Crippen molar-refractivity contribution >= 4 is 16.9 Å². The summed E-state index contributed by atoms with van der Waals surface area (Å²) in [4.78, 5) is 25.2. The van der Waals surface area contributed by atoms with Crippen molar-refractivity contribution in [3.8, 4) is 34.3 Å². The number of aryl methyl sites for hydroxylation is 1. The first-order chi connectivity index (χ1) is 19.9. The Labute approximate surface area is 236 Å². The van der Waals surface area contributed by atoms with Crippen LogP contribution in [0.4, 0.5) is 0 Å². The van der Waals surface area contributed by atoms with E-state index >= 15 is 0 Å². The summed E-state index contributed by atoms with van der Waals surface area (Å²) in [6, 6.07) is 16.0. The maximum Gasteiger partial charge on any atom is 0.335 e. The monoisotopic (exact) mass is 582 g/mol. The van der Waals surface area contributed by atoms with Gasteiger partial charge in [-0.15, -0.1) is 0 Å². The van der Waals surface area contributed by atoms with Crippen LogP contribution in [0.5, 0.6) is 23.0 Å². The van der Waals surface area contributed by atoms with E-state index < -0.39 is 64.4 Å². The van der Waals surface area contributed by atoms with Gasteiger partial charge in [-0.2, -0.15) is 0 Å². The Morgan fingerprint density at radius 2 is 1.57 bits per heavy atom. The van der Waals surface area contributed by atoms with Crippen LogP contribution in [0.2, 0.25) is 0 Å². The first kappa shape index (κ1) is 28.9. The van der Waals surface area contributed by atoms with Gasteiger partial charge in [-0.05, 0) is 42.7 Å². The molecule has 13 nitrogen and oxygen atoms in total. The van der Waals surface area contributed by atoms with Crippen molar-refractivity contribution < 1.29 is 59.5 Å². The van der Waals surface area contributed by atoms with Crippen LogP contribution in [0.3, 0.4) is 0 Å². The Bertz CT molecular complexity index is 1680. The highest BCUT2D eigenvalue weighted by Crippen LogP contribution is 2.44. The number of carboxylic acid groups (broad SMARTS) is 1. The number of carbonyl (C=O) groups is 1. The van der Waals surface area contributed by atoms with Gasteiger partial charge < -0.3 is 54.7 Å². The van der Waals surface area contributed by atoms with E-state index in [2.05, 4.69) is 0 Å². The first-order valence-corrected chi connectivity index (χ1v) is 12.6. The number of rotatable bonds is 7. The third-order valence-corrected chi connectivity index (χ3v) is 7.01. The molecule has 0 spiro atoms. The predicted molar refractivity (Wildman–Crippen MR) is 143 cm³/mol. The van der Waals surface area contributed by atoms with Crippen molar-refractivity contribution in [3.05, 3.63) is 82.0 Å². The van der Waals surface area contributed by atoms with E-state index in [1.54, 1.807) is 0 Å². The van der Waals surface area contributed by atoms with E-state index in [0.29, 0.717) is 12.0 Å². The van der Waals surface area contributed by atoms with Crippen LogP contribution in [0.25, 0.3) is 22.3 Å². The lowest BCUT2D eigenvalue weighted by Crippen LogP contribution is -2.69. The molecule has 1 aliphatic heterocycles. The molecule has 1 aromatic heterocycles. The van der Waals surface area contributed by atoms with Gasteiger partial charge in [-0.1, -0.05) is 30.3 Å². The van der Waals surface area contributed by atoms with E-state index in [0.717, 1.165) is 11.6 Å². The minimum absolute atomic E-state index is 0.0364. The zero-order valence-corrected chi connectivity index (χ0v) is 21.6. The lowest BCUT2D eigenvalue weighted by molar-refractivity contribution is -0.369. The van der Waals surface area contributed by atoms with E-state index in [1.807, 2.05) is 30.3 Å². The molecule has 13 heteroatoms. The average Bonchev–Trinajstić information content (AvgIpc) is 2.96. The Morgan fingerprint density at radius 3 is 2.21 bits per heavy atom. The molecule has 1 aliphatic rings. The molecule has 0 bridgehead atoms. The topological polar surface area (TPSA) is 228 Å². The lowest BCUT2D eigenvalue weighted by Gasteiger charge is -2.43. The van der Waals surface area contributed by atoms with Crippen molar-refractivity contribution in [3.63, 3.8) is 0 Å². The molecule has 2 heterocycles. The third-order valence-electron chi connectivity index (χ3n) is 7.01. The number of benzene rings is 3. The van der Waals surface area contributed by atoms with Gasteiger partial charge >= 0.3 is 5.97 Å². The molecule has 1 saturated heterocycles. The highest BCUT2D eigenvalue weighted by Gasteiger charge is 2.58. The summed E-state index contributed by atoms with van der Waals surface area (Å²) in [6.45, 7) is 0. The summed E-state index contributed by atoms with van der Waals surface area (Å²) in [5.41, 5.74) is 0.511. The Balaban J connectivity index is 1.61. The molecule has 1 fully saturated rings. The summed E-state index contributed by atoms with van der Waals surface area (Å²) in [7, 11) is 0. The molecule has 0 amide bonds. The zero-order chi connectivity index (χ0) is 30.3. The summed E-state index contributed by atoms with van der Waals surface area (Å²) in [6.07, 6.45) is -8.75. The summed E-state index contributed by atoms with van der Waals surface area (Å²) in [5, 5.41) is 80.6. The van der Waals surface area contributed by atoms with Crippen molar-refractivity contribution in [1.29, 1.82) is 0 Å². The van der Waals surface area contributed by atoms with Crippen molar-refractivity contribution in [2.45, 2.75) is 43.2 Å². The maximum atomic E-state index is 13.7. The van der Waals surface area contributed by atoms with Crippen molar-refractivity contribution in [2.24, 2.45) is 0 Å². The summed E-state index contributed by atoms with van der Waals surface area (Å²) >= 11 is 0. The fourth-order valence-electron chi connectivity index (χ4n) is 4.72. The van der Waals surface area contributed by atoms with Gasteiger partial charge in [0.1, 0.15) is 28.6 Å². The second-order valence-electron chi connectivity index (χ2n) is 9.77. The number of aliphatic hydroxyl groups is 4. The third kappa shape index (κ3) is 5.11. The summed E-state index contributed by atoms with van der Waals surface area (Å²) in [5.74, 6) is -7.82. The Kier molecular flexibility index (Phi) is 7.53. The molecule has 8 N–H and O–H groups in total. The predicted octanol–water partition coefficient (Wildman–Crippen LogP) is 0.953. The minimum atomic E-state index is -3.40. The van der Waals surface area contributed by atoms with Crippen molar-refractivity contribution in [2.75, 3.05) is 0 Å². The van der Waals surface area contributed by atoms with Crippen molar-refractivity contribution in [1.82, 2.24) is 0 Å². The van der Waals surface area contributed by atoms with Gasteiger partial charge in [-0.25, -0.2) is 4.79 Å². The minimum Gasteiger partial charge on any atom is -0.508 e. The number of hydrogen-bond donors (Lipinski definition) is 8. The van der Waals surface area contributed by atoms with Gasteiger partial charge in [0.05, 0.1) is 0 Å². The molecule has 4 atom stereocenters. The molecule has 4 aromatic rings. The smallest absolute Gasteiger partial charge is 0.335 e. The Hall–Kier alpha value is -4.66. The average molecular weight is 583 g/mol. The van der Waals surface area contributed by atoms with Gasteiger partial charge in [0.2, 0.25) is 17.8 Å². The number of phenolic OH excluding ortho intramolecular Hbond substituents is 3. The molecule has 220 valence electrons. The number of aliphatic hydroxyl groups excluding tert-OH is 2. The molecule has 3 aromatic carbocycles. The fourth-order valence-corrected chi connectivity index (χ4v) is 4.72. The van der Waals surface area contributed by atoms with Crippen LogP contribution in [0, 0.1) is 0 Å². The van der Waals surface area contributed by atoms with Gasteiger partial charge in [0, 0.05) is 17.2 Å². The second-order valence-corrected chi connectivity index (χ2v) is 9.77. The van der Waals surface area contributed by atoms with Crippen LogP contribution in [0.15, 0.2) is 69.9 Å². The second kappa shape index (κ2) is 11.0. The maximum absolute atomic E-state index is 13.7. The number of phenols is 3. The molecule has 0 saturated carbocycles. The number of hydrogen-bond acceptors (Lipinski definition) is 12. The zero-order valence-electron chi connectivity index (χ0n) is 21.6. The fraction of sp³-hybridized carbons (Fsp3) is 0.241. The SMILES string of the molecule is O=C(O)[C@H]1O[C@@H](Oc2cc3oc(-c4ccc(O)cc4)c(CCc4ccccc4)c(=O)c3c(O)c2O)[C@H](O)C(O)(O)[C@@H]1O. The highest BCUT2D eigenvalue weighted by molar-refractivity contribution is 5.90. The molecule has 0 aliphatic carbocycles. The number of aliphatic carboxylic acids is 1. The number of ether oxygens (including phenoxy) is 2. The van der Waals surface area contributed by atoms with Crippen LogP contribution < -0.4 is 10.2 Å². The van der Waals surface area contributed by atoms with Crippen LogP contribution in [-0.2, 0) is 22.4 Å². The normalized spacial score (nSPS) is 21.7. The molecular weight excluding hydrogens is 556 g/mol. The molecule has 0 unspecified atom stereocenters. The molecule has 42 heavy (non-hydrogen) atoms. The number of fused-ring (bicyclic) bond motifs is 1. The van der Waals surface area contributed by atoms with Gasteiger partial charge in [-0.3, -0.25) is 4.79 Å². The molecule has 5 rings (SSSR count). The number of carboxylic acids is 1. The largest absolute Gasteiger partial charge is 0.508 e. The standard InChI is InChI=1S/C29H26O13/c30-15-9-7-14(8-10-15)23-16(11-6-13-4-2-1-3-5-13)20(31)19-17(40-23)12-18(21(32)22(19)33)41-28-26(35)29(38,39)25(34)24(42-28)27(36)37/h1-5,7-10,12,24-26,28,30,32-35,38-39H,6,11H2,(H,36,37)/t24-,25+,26-,28+/m0/s1. The molecular formula is C29H26O13. The molecule has 0 radical (unpaired) electrons. The van der Waals surface area contributed by atoms with E-state index in [9.17, 15) is 50.4 Å². The van der Waals surface area contributed by atoms with E-state index in [-0.39, 0.29) is 29.1 Å². The first-order valence-electron chi connectivity index (χ1n) is 12.6. The van der Waals surface area contributed by atoms with Crippen LogP contribution in [-0.4, -0.2) is 77.2 Å². The highest BCUT2D eigenvalue weighted by atomic mass is 16.7. The quantitative estimate of drug-likeness (QED) is 0.112. The van der Waals surface area contributed by atoms with Crippen LogP contribution in [0.1, 0.15) is 11.1 Å². The Morgan fingerprint density at radius 1 is 0.905 bits per heavy atom. The van der Waals surface area contributed by atoms with E-state index in [1.165, 1.54) is 24.3 Å². The van der Waals surface area contributed by atoms with Gasteiger partial charge in [0.25, 0.3) is 0 Å². The number of aromatic hydroxyl groups is 3. The summed E-state index contributed by atoms with van der Waals surface area (Å²) < 4.78 is 16.3.